The number of anilines is 2. The van der Waals surface area contributed by atoms with E-state index < -0.39 is 11.6 Å². The molecule has 0 aromatic heterocycles. The number of hydrogen-bond donors (Lipinski definition) is 2. The van der Waals surface area contributed by atoms with Crippen LogP contribution in [0.4, 0.5) is 20.2 Å². The molecule has 0 saturated carbocycles. The molecule has 0 radical (unpaired) electrons. The van der Waals surface area contributed by atoms with Gasteiger partial charge in [0.25, 0.3) is 0 Å². The van der Waals surface area contributed by atoms with Crippen LogP contribution in [0.5, 0.6) is 0 Å². The lowest BCUT2D eigenvalue weighted by Crippen LogP contribution is -2.12. The fourth-order valence-corrected chi connectivity index (χ4v) is 2.19. The van der Waals surface area contributed by atoms with Gasteiger partial charge in [-0.05, 0) is 30.7 Å². The summed E-state index contributed by atoms with van der Waals surface area (Å²) in [4.78, 5) is 0.172. The first-order chi connectivity index (χ1) is 9.38. The predicted octanol–water partition coefficient (Wildman–Crippen LogP) is 4.30. The third-order valence-electron chi connectivity index (χ3n) is 2.71. The second-order valence-electron chi connectivity index (χ2n) is 4.28. The highest BCUT2D eigenvalue weighted by Gasteiger charge is 2.13. The quantitative estimate of drug-likeness (QED) is 0.830. The molecule has 3 N–H and O–H groups in total. The molecule has 0 heterocycles. The highest BCUT2D eigenvalue weighted by Crippen LogP contribution is 2.31. The molecule has 0 fully saturated rings. The predicted molar refractivity (Wildman–Crippen MR) is 81.7 cm³/mol. The van der Waals surface area contributed by atoms with Gasteiger partial charge in [0.15, 0.2) is 5.82 Å². The van der Waals surface area contributed by atoms with Crippen LogP contribution in [0, 0.1) is 18.6 Å². The number of hydrogen-bond acceptors (Lipinski definition) is 2. The molecule has 0 aliphatic heterocycles. The molecule has 20 heavy (non-hydrogen) atoms. The maximum Gasteiger partial charge on any atom is 0.151 e. The summed E-state index contributed by atoms with van der Waals surface area (Å²) in [6.07, 6.45) is 0. The number of halogens is 3. The molecule has 0 aliphatic rings. The number of nitrogens with two attached hydrogens (primary N) is 1. The molecule has 0 aliphatic carbocycles. The monoisotopic (exact) mass is 312 g/mol. The van der Waals surface area contributed by atoms with E-state index in [9.17, 15) is 8.78 Å². The van der Waals surface area contributed by atoms with Crippen LogP contribution in [0.2, 0.25) is 5.02 Å². The van der Waals surface area contributed by atoms with Gasteiger partial charge in [-0.15, -0.1) is 0 Å². The van der Waals surface area contributed by atoms with E-state index in [4.69, 9.17) is 29.6 Å². The van der Waals surface area contributed by atoms with Crippen LogP contribution in [0.3, 0.4) is 0 Å². The van der Waals surface area contributed by atoms with Crippen molar-refractivity contribution < 1.29 is 8.78 Å². The van der Waals surface area contributed by atoms with Gasteiger partial charge in [-0.2, -0.15) is 0 Å². The van der Waals surface area contributed by atoms with Crippen molar-refractivity contribution in [3.05, 3.63) is 58.1 Å². The average molecular weight is 313 g/mol. The maximum absolute atomic E-state index is 13.8. The number of benzene rings is 2. The molecule has 2 aromatic carbocycles. The van der Waals surface area contributed by atoms with Gasteiger partial charge >= 0.3 is 0 Å². The number of nitrogens with one attached hydrogen (secondary N) is 1. The van der Waals surface area contributed by atoms with E-state index in [0.29, 0.717) is 11.3 Å². The SMILES string of the molecule is Cc1ccc(C(N)=S)c(Nc2c(F)cc(F)cc2Cl)c1. The zero-order valence-corrected chi connectivity index (χ0v) is 12.1. The van der Waals surface area contributed by atoms with Crippen molar-refractivity contribution >= 4 is 40.2 Å². The maximum atomic E-state index is 13.8. The van der Waals surface area contributed by atoms with E-state index in [1.165, 1.54) is 0 Å². The zero-order valence-electron chi connectivity index (χ0n) is 10.5. The third-order valence-corrected chi connectivity index (χ3v) is 3.23. The van der Waals surface area contributed by atoms with E-state index in [0.717, 1.165) is 17.7 Å². The third kappa shape index (κ3) is 3.05. The van der Waals surface area contributed by atoms with Crippen LogP contribution >= 0.6 is 23.8 Å². The minimum absolute atomic E-state index is 0.0174. The smallest absolute Gasteiger partial charge is 0.151 e. The summed E-state index contributed by atoms with van der Waals surface area (Å²) in [6.45, 7) is 1.87. The Hall–Kier alpha value is -1.72. The van der Waals surface area contributed by atoms with Gasteiger partial charge in [0.05, 0.1) is 10.7 Å². The first kappa shape index (κ1) is 14.7. The summed E-state index contributed by atoms with van der Waals surface area (Å²) in [6, 6.07) is 7.11. The summed E-state index contributed by atoms with van der Waals surface area (Å²) in [5.74, 6) is -1.53. The van der Waals surface area contributed by atoms with Crippen LogP contribution in [0.1, 0.15) is 11.1 Å². The van der Waals surface area contributed by atoms with Crippen molar-refractivity contribution in [2.45, 2.75) is 6.92 Å². The fraction of sp³-hybridized carbons (Fsp3) is 0.0714. The largest absolute Gasteiger partial charge is 0.389 e. The van der Waals surface area contributed by atoms with Crippen molar-refractivity contribution in [2.24, 2.45) is 5.73 Å². The van der Waals surface area contributed by atoms with Gasteiger partial charge in [-0.25, -0.2) is 8.78 Å². The van der Waals surface area contributed by atoms with Crippen molar-refractivity contribution in [1.29, 1.82) is 0 Å². The summed E-state index contributed by atoms with van der Waals surface area (Å²) in [7, 11) is 0. The van der Waals surface area contributed by atoms with E-state index in [1.807, 2.05) is 13.0 Å². The Balaban J connectivity index is 2.50. The average Bonchev–Trinajstić information content (AvgIpc) is 2.33. The molecule has 2 rings (SSSR count). The van der Waals surface area contributed by atoms with Crippen LogP contribution in [-0.2, 0) is 0 Å². The van der Waals surface area contributed by atoms with E-state index in [1.54, 1.807) is 12.1 Å². The Kier molecular flexibility index (Phi) is 4.20. The number of aryl methyl sites for hydroxylation is 1. The van der Waals surface area contributed by atoms with Crippen molar-refractivity contribution in [3.63, 3.8) is 0 Å². The molecule has 0 spiro atoms. The van der Waals surface area contributed by atoms with Crippen molar-refractivity contribution in [3.8, 4) is 0 Å². The molecule has 0 amide bonds. The molecular weight excluding hydrogens is 302 g/mol. The minimum Gasteiger partial charge on any atom is -0.389 e. The lowest BCUT2D eigenvalue weighted by Gasteiger charge is -2.14. The highest BCUT2D eigenvalue weighted by molar-refractivity contribution is 7.80. The van der Waals surface area contributed by atoms with E-state index >= 15 is 0 Å². The summed E-state index contributed by atoms with van der Waals surface area (Å²) < 4.78 is 26.8. The minimum atomic E-state index is -0.787. The van der Waals surface area contributed by atoms with Crippen molar-refractivity contribution in [1.82, 2.24) is 0 Å². The van der Waals surface area contributed by atoms with Gasteiger partial charge in [0.2, 0.25) is 0 Å². The zero-order chi connectivity index (χ0) is 14.9. The first-order valence-corrected chi connectivity index (χ1v) is 6.49. The molecular formula is C14H11ClF2N2S. The Labute approximate surface area is 125 Å². The Morgan fingerprint density at radius 1 is 1.25 bits per heavy atom. The second kappa shape index (κ2) is 5.73. The molecule has 104 valence electrons. The van der Waals surface area contributed by atoms with Crippen molar-refractivity contribution in [2.75, 3.05) is 5.32 Å². The van der Waals surface area contributed by atoms with Gasteiger partial charge in [-0.1, -0.05) is 29.9 Å². The molecule has 0 bridgehead atoms. The topological polar surface area (TPSA) is 38.0 Å². The van der Waals surface area contributed by atoms with Gasteiger partial charge in [-0.3, -0.25) is 0 Å². The van der Waals surface area contributed by atoms with Gasteiger partial charge < -0.3 is 11.1 Å². The molecule has 2 nitrogen and oxygen atoms in total. The van der Waals surface area contributed by atoms with Crippen LogP contribution in [-0.4, -0.2) is 4.99 Å². The normalized spacial score (nSPS) is 10.4. The van der Waals surface area contributed by atoms with Crippen LogP contribution in [0.25, 0.3) is 0 Å². The Morgan fingerprint density at radius 2 is 1.95 bits per heavy atom. The molecule has 0 saturated heterocycles. The first-order valence-electron chi connectivity index (χ1n) is 5.70. The van der Waals surface area contributed by atoms with Crippen LogP contribution in [0.15, 0.2) is 30.3 Å². The molecule has 2 aromatic rings. The Morgan fingerprint density at radius 3 is 2.55 bits per heavy atom. The van der Waals surface area contributed by atoms with E-state index in [2.05, 4.69) is 5.32 Å². The highest BCUT2D eigenvalue weighted by atomic mass is 35.5. The molecule has 6 heteroatoms. The lowest BCUT2D eigenvalue weighted by molar-refractivity contribution is 0.586. The number of thiocarbonyl (C=S) groups is 1. The standard InChI is InChI=1S/C14H11ClF2N2S/c1-7-2-3-9(14(18)20)12(4-7)19-13-10(15)5-8(16)6-11(13)17/h2-6,19H,1H3,(H2,18,20). The molecule has 0 unspecified atom stereocenters. The van der Waals surface area contributed by atoms with E-state index in [-0.39, 0.29) is 15.7 Å². The fourth-order valence-electron chi connectivity index (χ4n) is 1.77. The number of rotatable bonds is 3. The van der Waals surface area contributed by atoms with Gasteiger partial charge in [0.1, 0.15) is 10.8 Å². The second-order valence-corrected chi connectivity index (χ2v) is 5.13. The van der Waals surface area contributed by atoms with Gasteiger partial charge in [0, 0.05) is 17.3 Å². The van der Waals surface area contributed by atoms with Crippen LogP contribution < -0.4 is 11.1 Å². The lowest BCUT2D eigenvalue weighted by atomic mass is 10.1. The summed E-state index contributed by atoms with van der Waals surface area (Å²) in [5.41, 5.74) is 7.62. The summed E-state index contributed by atoms with van der Waals surface area (Å²) >= 11 is 10.8. The summed E-state index contributed by atoms with van der Waals surface area (Å²) in [5, 5.41) is 2.76. The molecule has 0 atom stereocenters. The Bertz CT molecular complexity index is 666.